The summed E-state index contributed by atoms with van der Waals surface area (Å²) in [6, 6.07) is 2.00. The molecule has 0 saturated carbocycles. The maximum atomic E-state index is 12.6. The number of nitrogens with one attached hydrogen (secondary N) is 1. The minimum atomic E-state index is -4.52. The van der Waals surface area contributed by atoms with Crippen LogP contribution < -0.4 is 5.32 Å². The second-order valence-corrected chi connectivity index (χ2v) is 4.84. The standard InChI is InChI=1S/C13H15ClF3NO2/c1-2-3-4-11(12(19)20)18-10-6-8(13(15,16)17)5-9(14)7-10/h5-7,11,18H,2-4H2,1H3,(H,19,20). The third kappa shape index (κ3) is 4.92. The van der Waals surface area contributed by atoms with Crippen LogP contribution in [-0.4, -0.2) is 17.1 Å². The Morgan fingerprint density at radius 2 is 2.05 bits per heavy atom. The summed E-state index contributed by atoms with van der Waals surface area (Å²) < 4.78 is 37.9. The summed E-state index contributed by atoms with van der Waals surface area (Å²) in [5, 5.41) is 11.5. The van der Waals surface area contributed by atoms with Gasteiger partial charge in [0.15, 0.2) is 0 Å². The molecule has 7 heteroatoms. The van der Waals surface area contributed by atoms with Crippen LogP contribution in [0.15, 0.2) is 18.2 Å². The van der Waals surface area contributed by atoms with Gasteiger partial charge in [0, 0.05) is 10.7 Å². The number of halogens is 4. The Morgan fingerprint density at radius 1 is 1.40 bits per heavy atom. The van der Waals surface area contributed by atoms with Crippen molar-refractivity contribution in [2.24, 2.45) is 0 Å². The number of rotatable bonds is 6. The first kappa shape index (κ1) is 16.6. The van der Waals surface area contributed by atoms with Gasteiger partial charge >= 0.3 is 12.1 Å². The summed E-state index contributed by atoms with van der Waals surface area (Å²) in [6.45, 7) is 1.90. The molecule has 112 valence electrons. The quantitative estimate of drug-likeness (QED) is 0.818. The number of hydrogen-bond acceptors (Lipinski definition) is 2. The summed E-state index contributed by atoms with van der Waals surface area (Å²) in [6.07, 6.45) is -2.73. The third-order valence-electron chi connectivity index (χ3n) is 2.71. The maximum Gasteiger partial charge on any atom is 0.416 e. The van der Waals surface area contributed by atoms with Crippen molar-refractivity contribution in [3.63, 3.8) is 0 Å². The predicted molar refractivity (Wildman–Crippen MR) is 71.0 cm³/mol. The number of carbonyl (C=O) groups is 1. The topological polar surface area (TPSA) is 49.3 Å². The zero-order chi connectivity index (χ0) is 15.3. The molecular formula is C13H15ClF3NO2. The minimum Gasteiger partial charge on any atom is -0.480 e. The minimum absolute atomic E-state index is 0.0494. The highest BCUT2D eigenvalue weighted by atomic mass is 35.5. The van der Waals surface area contributed by atoms with Gasteiger partial charge in [0.1, 0.15) is 6.04 Å². The van der Waals surface area contributed by atoms with E-state index in [-0.39, 0.29) is 10.7 Å². The number of unbranched alkanes of at least 4 members (excludes halogenated alkanes) is 1. The lowest BCUT2D eigenvalue weighted by Gasteiger charge is -2.17. The van der Waals surface area contributed by atoms with Crippen LogP contribution in [-0.2, 0) is 11.0 Å². The van der Waals surface area contributed by atoms with E-state index in [4.69, 9.17) is 16.7 Å². The molecule has 0 radical (unpaired) electrons. The van der Waals surface area contributed by atoms with Crippen molar-refractivity contribution >= 4 is 23.3 Å². The van der Waals surface area contributed by atoms with Crippen molar-refractivity contribution in [3.8, 4) is 0 Å². The van der Waals surface area contributed by atoms with Gasteiger partial charge in [0.2, 0.25) is 0 Å². The summed E-state index contributed by atoms with van der Waals surface area (Å²) in [5.41, 5.74) is -0.861. The van der Waals surface area contributed by atoms with Crippen molar-refractivity contribution in [2.75, 3.05) is 5.32 Å². The molecule has 0 aliphatic heterocycles. The largest absolute Gasteiger partial charge is 0.480 e. The van der Waals surface area contributed by atoms with Crippen molar-refractivity contribution < 1.29 is 23.1 Å². The smallest absolute Gasteiger partial charge is 0.416 e. The second-order valence-electron chi connectivity index (χ2n) is 4.40. The van der Waals surface area contributed by atoms with Gasteiger partial charge in [-0.05, 0) is 24.6 Å². The first-order valence-electron chi connectivity index (χ1n) is 6.11. The van der Waals surface area contributed by atoms with Crippen molar-refractivity contribution in [1.29, 1.82) is 0 Å². The van der Waals surface area contributed by atoms with E-state index in [1.165, 1.54) is 6.07 Å². The van der Waals surface area contributed by atoms with Crippen LogP contribution in [0.2, 0.25) is 5.02 Å². The molecule has 1 aromatic rings. The van der Waals surface area contributed by atoms with E-state index < -0.39 is 23.8 Å². The SMILES string of the molecule is CCCCC(Nc1cc(Cl)cc(C(F)(F)F)c1)C(=O)O. The number of carboxylic acids is 1. The fourth-order valence-corrected chi connectivity index (χ4v) is 1.94. The van der Waals surface area contributed by atoms with Crippen LogP contribution in [0.1, 0.15) is 31.7 Å². The van der Waals surface area contributed by atoms with Crippen molar-refractivity contribution in [1.82, 2.24) is 0 Å². The Kier molecular flexibility index (Phi) is 5.68. The van der Waals surface area contributed by atoms with Gasteiger partial charge in [-0.25, -0.2) is 4.79 Å². The molecule has 0 aromatic heterocycles. The molecule has 3 nitrogen and oxygen atoms in total. The highest BCUT2D eigenvalue weighted by Crippen LogP contribution is 2.33. The molecule has 0 fully saturated rings. The van der Waals surface area contributed by atoms with E-state index in [1.54, 1.807) is 0 Å². The molecule has 0 heterocycles. The Labute approximate surface area is 119 Å². The van der Waals surface area contributed by atoms with Gasteiger partial charge in [0.05, 0.1) is 5.56 Å². The lowest BCUT2D eigenvalue weighted by atomic mass is 10.1. The first-order valence-corrected chi connectivity index (χ1v) is 6.49. The molecule has 1 aromatic carbocycles. The highest BCUT2D eigenvalue weighted by Gasteiger charge is 2.31. The maximum absolute atomic E-state index is 12.6. The van der Waals surface area contributed by atoms with E-state index >= 15 is 0 Å². The molecule has 0 bridgehead atoms. The molecule has 0 saturated heterocycles. The van der Waals surface area contributed by atoms with Crippen LogP contribution in [0.4, 0.5) is 18.9 Å². The number of anilines is 1. The van der Waals surface area contributed by atoms with Gasteiger partial charge in [-0.15, -0.1) is 0 Å². The molecular weight excluding hydrogens is 295 g/mol. The Morgan fingerprint density at radius 3 is 2.55 bits per heavy atom. The summed E-state index contributed by atoms with van der Waals surface area (Å²) in [5.74, 6) is -1.10. The summed E-state index contributed by atoms with van der Waals surface area (Å²) >= 11 is 5.64. The van der Waals surface area contributed by atoms with Crippen LogP contribution in [0.3, 0.4) is 0 Å². The molecule has 20 heavy (non-hydrogen) atoms. The van der Waals surface area contributed by atoms with Crippen LogP contribution in [0.5, 0.6) is 0 Å². The number of carboxylic acid groups (broad SMARTS) is 1. The molecule has 0 spiro atoms. The average molecular weight is 310 g/mol. The predicted octanol–water partition coefficient (Wildman–Crippen LogP) is 4.41. The zero-order valence-electron chi connectivity index (χ0n) is 10.8. The fourth-order valence-electron chi connectivity index (χ4n) is 1.70. The van der Waals surface area contributed by atoms with Gasteiger partial charge in [-0.1, -0.05) is 31.4 Å². The Hall–Kier alpha value is -1.43. The van der Waals surface area contributed by atoms with E-state index in [2.05, 4.69) is 5.32 Å². The van der Waals surface area contributed by atoms with Gasteiger partial charge < -0.3 is 10.4 Å². The number of benzene rings is 1. The van der Waals surface area contributed by atoms with Gasteiger partial charge in [-0.2, -0.15) is 13.2 Å². The van der Waals surface area contributed by atoms with Gasteiger partial charge in [-0.3, -0.25) is 0 Å². The average Bonchev–Trinajstić information content (AvgIpc) is 2.32. The van der Waals surface area contributed by atoms with Crippen molar-refractivity contribution in [3.05, 3.63) is 28.8 Å². The monoisotopic (exact) mass is 309 g/mol. The van der Waals surface area contributed by atoms with E-state index in [1.807, 2.05) is 6.92 Å². The highest BCUT2D eigenvalue weighted by molar-refractivity contribution is 6.31. The van der Waals surface area contributed by atoms with Crippen LogP contribution >= 0.6 is 11.6 Å². The third-order valence-corrected chi connectivity index (χ3v) is 2.93. The zero-order valence-corrected chi connectivity index (χ0v) is 11.6. The molecule has 0 amide bonds. The lowest BCUT2D eigenvalue weighted by Crippen LogP contribution is -2.29. The Balaban J connectivity index is 2.95. The summed E-state index contributed by atoms with van der Waals surface area (Å²) in [4.78, 5) is 11.1. The summed E-state index contributed by atoms with van der Waals surface area (Å²) in [7, 11) is 0. The van der Waals surface area contributed by atoms with Gasteiger partial charge in [0.25, 0.3) is 0 Å². The Bertz CT molecular complexity index is 477. The first-order chi connectivity index (χ1) is 9.24. The van der Waals surface area contributed by atoms with E-state index in [9.17, 15) is 18.0 Å². The molecule has 0 aliphatic rings. The number of hydrogen-bond donors (Lipinski definition) is 2. The second kappa shape index (κ2) is 6.83. The molecule has 1 unspecified atom stereocenters. The van der Waals surface area contributed by atoms with Crippen molar-refractivity contribution in [2.45, 2.75) is 38.4 Å². The molecule has 0 aliphatic carbocycles. The van der Waals surface area contributed by atoms with Crippen LogP contribution in [0.25, 0.3) is 0 Å². The molecule has 2 N–H and O–H groups in total. The number of alkyl halides is 3. The van der Waals surface area contributed by atoms with E-state index in [0.29, 0.717) is 12.8 Å². The van der Waals surface area contributed by atoms with Crippen LogP contribution in [0, 0.1) is 0 Å². The fraction of sp³-hybridized carbons (Fsp3) is 0.462. The molecule has 1 atom stereocenters. The lowest BCUT2D eigenvalue weighted by molar-refractivity contribution is -0.138. The number of aliphatic carboxylic acids is 1. The normalized spacial score (nSPS) is 13.1. The van der Waals surface area contributed by atoms with E-state index in [0.717, 1.165) is 18.6 Å². The molecule has 1 rings (SSSR count).